The Kier molecular flexibility index (Phi) is 6.47. The predicted octanol–water partition coefficient (Wildman–Crippen LogP) is 2.58. The molecule has 1 atom stereocenters. The van der Waals surface area contributed by atoms with E-state index in [0.717, 1.165) is 6.42 Å². The molecule has 138 valence electrons. The van der Waals surface area contributed by atoms with Crippen LogP contribution >= 0.6 is 11.8 Å². The van der Waals surface area contributed by atoms with Crippen molar-refractivity contribution in [3.63, 3.8) is 0 Å². The number of aromatic nitrogens is 3. The first-order chi connectivity index (χ1) is 11.8. The first-order valence-electron chi connectivity index (χ1n) is 8.32. The van der Waals surface area contributed by atoms with Gasteiger partial charge in [-0.1, -0.05) is 51.6 Å². The zero-order valence-electron chi connectivity index (χ0n) is 15.0. The van der Waals surface area contributed by atoms with Crippen LogP contribution in [0.1, 0.15) is 34.1 Å². The summed E-state index contributed by atoms with van der Waals surface area (Å²) >= 11 is 1.55. The van der Waals surface area contributed by atoms with E-state index in [2.05, 4.69) is 24.0 Å². The van der Waals surface area contributed by atoms with Crippen molar-refractivity contribution in [2.45, 2.75) is 49.4 Å². The molecule has 1 aromatic heterocycles. The highest BCUT2D eigenvalue weighted by Gasteiger charge is 2.23. The van der Waals surface area contributed by atoms with E-state index in [1.807, 2.05) is 13.8 Å². The van der Waals surface area contributed by atoms with E-state index in [1.165, 1.54) is 8.98 Å². The summed E-state index contributed by atoms with van der Waals surface area (Å²) in [5.74, 6) is 6.57. The second-order valence-electron chi connectivity index (χ2n) is 5.63. The van der Waals surface area contributed by atoms with Crippen LogP contribution in [0.15, 0.2) is 34.3 Å². The number of nitrogens with two attached hydrogens (primary N) is 1. The largest absolute Gasteiger partial charge is 0.335 e. The third-order valence-corrected chi connectivity index (χ3v) is 7.25. The fraction of sp³-hybridized carbons (Fsp3) is 0.500. The summed E-state index contributed by atoms with van der Waals surface area (Å²) in [6, 6.07) is 6.66. The van der Waals surface area contributed by atoms with Gasteiger partial charge in [-0.2, -0.15) is 4.31 Å². The van der Waals surface area contributed by atoms with E-state index in [4.69, 9.17) is 5.84 Å². The van der Waals surface area contributed by atoms with Gasteiger partial charge in [-0.05, 0) is 18.6 Å². The van der Waals surface area contributed by atoms with Crippen LogP contribution < -0.4 is 5.84 Å². The van der Waals surface area contributed by atoms with E-state index >= 15 is 0 Å². The van der Waals surface area contributed by atoms with Crippen molar-refractivity contribution in [2.75, 3.05) is 18.9 Å². The molecule has 0 spiro atoms. The summed E-state index contributed by atoms with van der Waals surface area (Å²) < 4.78 is 28.2. The van der Waals surface area contributed by atoms with Gasteiger partial charge in [-0.3, -0.25) is 0 Å². The summed E-state index contributed by atoms with van der Waals surface area (Å²) in [5.41, 5.74) is 0.624. The maximum Gasteiger partial charge on any atom is 0.243 e. The number of nitrogen functional groups attached to an aromatic ring is 1. The number of rotatable bonds is 8. The monoisotopic (exact) mass is 383 g/mol. The summed E-state index contributed by atoms with van der Waals surface area (Å²) in [7, 11) is -3.53. The van der Waals surface area contributed by atoms with Gasteiger partial charge in [0.05, 0.1) is 4.90 Å². The molecule has 0 aliphatic carbocycles. The second-order valence-corrected chi connectivity index (χ2v) is 8.97. The molecule has 1 aromatic carbocycles. The second kappa shape index (κ2) is 8.20. The summed E-state index contributed by atoms with van der Waals surface area (Å²) in [6.45, 7) is 8.67. The fourth-order valence-electron chi connectivity index (χ4n) is 2.33. The molecule has 0 saturated carbocycles. The number of hydrogen-bond donors (Lipinski definition) is 1. The maximum atomic E-state index is 12.7. The third-order valence-electron chi connectivity index (χ3n) is 3.98. The molecule has 25 heavy (non-hydrogen) atoms. The number of sulfonamides is 1. The first kappa shape index (κ1) is 19.7. The maximum absolute atomic E-state index is 12.7. The van der Waals surface area contributed by atoms with Crippen LogP contribution in [0.3, 0.4) is 0 Å². The lowest BCUT2D eigenvalue weighted by molar-refractivity contribution is 0.445. The minimum atomic E-state index is -3.53. The molecule has 0 aliphatic heterocycles. The molecule has 2 rings (SSSR count). The highest BCUT2D eigenvalue weighted by atomic mass is 32.2. The first-order valence-corrected chi connectivity index (χ1v) is 10.6. The van der Waals surface area contributed by atoms with E-state index in [-0.39, 0.29) is 4.90 Å². The van der Waals surface area contributed by atoms with Crippen LogP contribution in [0.25, 0.3) is 11.4 Å². The standard InChI is InChI=1S/C16H25N5O2S2/c1-5-12(4)24-16-19-18-15(21(16)17)13-9-8-10-14(11-13)25(22,23)20(6-2)7-3/h8-12H,5-7,17H2,1-4H3. The zero-order chi connectivity index (χ0) is 18.6. The Morgan fingerprint density at radius 2 is 1.92 bits per heavy atom. The van der Waals surface area contributed by atoms with Gasteiger partial charge in [0.15, 0.2) is 5.82 Å². The van der Waals surface area contributed by atoms with Gasteiger partial charge >= 0.3 is 0 Å². The quantitative estimate of drug-likeness (QED) is 0.556. The van der Waals surface area contributed by atoms with Crippen molar-refractivity contribution < 1.29 is 8.42 Å². The molecule has 0 saturated heterocycles. The van der Waals surface area contributed by atoms with Crippen molar-refractivity contribution in [3.05, 3.63) is 24.3 Å². The SMILES string of the molecule is CCC(C)Sc1nnc(-c2cccc(S(=O)(=O)N(CC)CC)c2)n1N. The normalized spacial score (nSPS) is 13.3. The molecule has 0 fully saturated rings. The Balaban J connectivity index is 2.40. The minimum absolute atomic E-state index is 0.229. The Bertz CT molecular complexity index is 816. The molecular formula is C16H25N5O2S2. The van der Waals surface area contributed by atoms with Gasteiger partial charge in [-0.25, -0.2) is 13.1 Å². The lowest BCUT2D eigenvalue weighted by atomic mass is 10.2. The van der Waals surface area contributed by atoms with Gasteiger partial charge in [0.1, 0.15) is 0 Å². The smallest absolute Gasteiger partial charge is 0.243 e. The molecule has 2 aromatic rings. The van der Waals surface area contributed by atoms with Crippen LogP contribution in [0.4, 0.5) is 0 Å². The molecule has 0 amide bonds. The molecule has 1 unspecified atom stereocenters. The highest BCUT2D eigenvalue weighted by Crippen LogP contribution is 2.27. The van der Waals surface area contributed by atoms with Crippen LogP contribution in [-0.4, -0.2) is 45.9 Å². The Morgan fingerprint density at radius 3 is 2.52 bits per heavy atom. The summed E-state index contributed by atoms with van der Waals surface area (Å²) in [5, 5.41) is 9.25. The minimum Gasteiger partial charge on any atom is -0.335 e. The number of thioether (sulfide) groups is 1. The van der Waals surface area contributed by atoms with Crippen molar-refractivity contribution in [1.82, 2.24) is 19.2 Å². The zero-order valence-corrected chi connectivity index (χ0v) is 16.6. The predicted molar refractivity (Wildman–Crippen MR) is 101 cm³/mol. The molecule has 0 aliphatic rings. The van der Waals surface area contributed by atoms with Gasteiger partial charge in [0.25, 0.3) is 0 Å². The Labute approximate surface area is 153 Å². The van der Waals surface area contributed by atoms with E-state index in [1.54, 1.807) is 36.0 Å². The average Bonchev–Trinajstić information content (AvgIpc) is 2.96. The van der Waals surface area contributed by atoms with Crippen LogP contribution in [-0.2, 0) is 10.0 Å². The van der Waals surface area contributed by atoms with Crippen LogP contribution in [0, 0.1) is 0 Å². The van der Waals surface area contributed by atoms with Crippen LogP contribution in [0.2, 0.25) is 0 Å². The molecule has 2 N–H and O–H groups in total. The van der Waals surface area contributed by atoms with Gasteiger partial charge < -0.3 is 5.84 Å². The summed E-state index contributed by atoms with van der Waals surface area (Å²) in [4.78, 5) is 0.229. The van der Waals surface area contributed by atoms with Crippen molar-refractivity contribution in [2.24, 2.45) is 0 Å². The molecule has 9 heteroatoms. The average molecular weight is 384 g/mol. The lowest BCUT2D eigenvalue weighted by Gasteiger charge is -2.18. The molecule has 0 radical (unpaired) electrons. The van der Waals surface area contributed by atoms with E-state index < -0.39 is 10.0 Å². The highest BCUT2D eigenvalue weighted by molar-refractivity contribution is 7.99. The van der Waals surface area contributed by atoms with Gasteiger partial charge in [0, 0.05) is 23.9 Å². The molecule has 0 bridgehead atoms. The number of hydrogen-bond acceptors (Lipinski definition) is 6. The fourth-order valence-corrected chi connectivity index (χ4v) is 4.64. The number of benzene rings is 1. The van der Waals surface area contributed by atoms with E-state index in [0.29, 0.717) is 34.9 Å². The van der Waals surface area contributed by atoms with Crippen LogP contribution in [0.5, 0.6) is 0 Å². The van der Waals surface area contributed by atoms with Gasteiger partial charge in [-0.15, -0.1) is 10.2 Å². The van der Waals surface area contributed by atoms with Crippen molar-refractivity contribution in [3.8, 4) is 11.4 Å². The summed E-state index contributed by atoms with van der Waals surface area (Å²) in [6.07, 6.45) is 0.991. The molecular weight excluding hydrogens is 358 g/mol. The topological polar surface area (TPSA) is 94.1 Å². The number of nitrogens with zero attached hydrogens (tertiary/aromatic N) is 4. The molecule has 1 heterocycles. The van der Waals surface area contributed by atoms with Crippen molar-refractivity contribution in [1.29, 1.82) is 0 Å². The van der Waals surface area contributed by atoms with Crippen molar-refractivity contribution >= 4 is 21.8 Å². The lowest BCUT2D eigenvalue weighted by Crippen LogP contribution is -2.30. The Hall–Kier alpha value is -1.58. The third kappa shape index (κ3) is 4.16. The van der Waals surface area contributed by atoms with Gasteiger partial charge in [0.2, 0.25) is 15.2 Å². The molecule has 7 nitrogen and oxygen atoms in total. The Morgan fingerprint density at radius 1 is 1.24 bits per heavy atom. The van der Waals surface area contributed by atoms with E-state index in [9.17, 15) is 8.42 Å².